The number of alkyl halides is 1. The molecule has 0 N–H and O–H groups in total. The second kappa shape index (κ2) is 5.57. The fourth-order valence-electron chi connectivity index (χ4n) is 1.83. The monoisotopic (exact) mass is 322 g/mol. The molecule has 0 bridgehead atoms. The van der Waals surface area contributed by atoms with E-state index < -0.39 is 0 Å². The van der Waals surface area contributed by atoms with E-state index in [1.807, 2.05) is 30.7 Å². The summed E-state index contributed by atoms with van der Waals surface area (Å²) in [6.07, 6.45) is 3.63. The molecule has 0 radical (unpaired) electrons. The van der Waals surface area contributed by atoms with E-state index in [9.17, 15) is 4.79 Å². The molecule has 1 aromatic heterocycles. The maximum absolute atomic E-state index is 11.9. The van der Waals surface area contributed by atoms with Crippen LogP contribution in [0.4, 0.5) is 0 Å². The first-order valence-electron chi connectivity index (χ1n) is 5.90. The predicted molar refractivity (Wildman–Crippen MR) is 77.6 cm³/mol. The Balaban J connectivity index is 2.45. The predicted octanol–water partition coefficient (Wildman–Crippen LogP) is 3.16. The third-order valence-corrected chi connectivity index (χ3v) is 3.23. The highest BCUT2D eigenvalue weighted by Gasteiger charge is 2.15. The van der Waals surface area contributed by atoms with E-state index >= 15 is 0 Å². The van der Waals surface area contributed by atoms with Crippen molar-refractivity contribution in [3.05, 3.63) is 42.0 Å². The van der Waals surface area contributed by atoms with Crippen molar-refractivity contribution in [2.24, 2.45) is 0 Å². The maximum Gasteiger partial charge on any atom is 0.176 e. The van der Waals surface area contributed by atoms with Crippen molar-refractivity contribution in [2.45, 2.75) is 18.7 Å². The van der Waals surface area contributed by atoms with Crippen LogP contribution in [0.3, 0.4) is 0 Å². The number of ketones is 1. The molecule has 0 amide bonds. The first-order chi connectivity index (χ1) is 9.02. The zero-order valence-corrected chi connectivity index (χ0v) is 12.6. The van der Waals surface area contributed by atoms with Crippen molar-refractivity contribution in [3.63, 3.8) is 0 Å². The fraction of sp³-hybridized carbons (Fsp3) is 0.286. The molecule has 0 saturated heterocycles. The van der Waals surface area contributed by atoms with Gasteiger partial charge in [0.1, 0.15) is 5.75 Å². The smallest absolute Gasteiger partial charge is 0.176 e. The van der Waals surface area contributed by atoms with Gasteiger partial charge in [-0.05, 0) is 32.0 Å². The normalized spacial score (nSPS) is 12.2. The van der Waals surface area contributed by atoms with Crippen LogP contribution in [0.1, 0.15) is 23.0 Å². The molecule has 0 aliphatic heterocycles. The first-order valence-corrected chi connectivity index (χ1v) is 6.81. The van der Waals surface area contributed by atoms with Crippen LogP contribution in [0.25, 0.3) is 5.69 Å². The van der Waals surface area contributed by atoms with Crippen molar-refractivity contribution in [1.29, 1.82) is 0 Å². The standard InChI is InChI=1S/C14H15BrN2O2/c1-9-7-17(8-16-9)12-5-4-11(6-13(12)19-3)14(18)10(2)15/h4-8,10H,1-3H3. The van der Waals surface area contributed by atoms with Crippen LogP contribution in [0.2, 0.25) is 0 Å². The molecule has 4 nitrogen and oxygen atoms in total. The Hall–Kier alpha value is -1.62. The lowest BCUT2D eigenvalue weighted by Gasteiger charge is -2.11. The number of hydrogen-bond acceptors (Lipinski definition) is 3. The topological polar surface area (TPSA) is 44.1 Å². The highest BCUT2D eigenvalue weighted by molar-refractivity contribution is 9.10. The zero-order valence-electron chi connectivity index (χ0n) is 11.1. The van der Waals surface area contributed by atoms with Gasteiger partial charge >= 0.3 is 0 Å². The molecule has 2 rings (SSSR count). The molecule has 100 valence electrons. The van der Waals surface area contributed by atoms with Gasteiger partial charge in [-0.15, -0.1) is 0 Å². The lowest BCUT2D eigenvalue weighted by atomic mass is 10.1. The van der Waals surface area contributed by atoms with Crippen molar-refractivity contribution in [1.82, 2.24) is 9.55 Å². The minimum absolute atomic E-state index is 0.0339. The number of halogens is 1. The Morgan fingerprint density at radius 1 is 1.47 bits per heavy atom. The summed E-state index contributed by atoms with van der Waals surface area (Å²) in [7, 11) is 1.59. The quantitative estimate of drug-likeness (QED) is 0.641. The second-order valence-electron chi connectivity index (χ2n) is 4.29. The summed E-state index contributed by atoms with van der Waals surface area (Å²) in [5, 5.41) is 0. The summed E-state index contributed by atoms with van der Waals surface area (Å²) in [5.41, 5.74) is 2.42. The summed E-state index contributed by atoms with van der Waals surface area (Å²) in [4.78, 5) is 15.9. The largest absolute Gasteiger partial charge is 0.495 e. The van der Waals surface area contributed by atoms with E-state index in [1.54, 1.807) is 25.6 Å². The number of imidazole rings is 1. The molecular formula is C14H15BrN2O2. The average Bonchev–Trinajstić information content (AvgIpc) is 2.83. The van der Waals surface area contributed by atoms with Crippen molar-refractivity contribution >= 4 is 21.7 Å². The molecular weight excluding hydrogens is 308 g/mol. The van der Waals surface area contributed by atoms with Crippen molar-refractivity contribution in [2.75, 3.05) is 7.11 Å². The molecule has 0 saturated carbocycles. The number of aromatic nitrogens is 2. The van der Waals surface area contributed by atoms with E-state index in [2.05, 4.69) is 20.9 Å². The van der Waals surface area contributed by atoms with Gasteiger partial charge in [0.2, 0.25) is 0 Å². The first kappa shape index (κ1) is 13.8. The molecule has 0 fully saturated rings. The number of Topliss-reactive ketones (excluding diaryl/α,β-unsaturated/α-hetero) is 1. The van der Waals surface area contributed by atoms with Crippen LogP contribution >= 0.6 is 15.9 Å². The van der Waals surface area contributed by atoms with Crippen molar-refractivity contribution < 1.29 is 9.53 Å². The number of benzene rings is 1. The Bertz CT molecular complexity index is 605. The Morgan fingerprint density at radius 3 is 2.74 bits per heavy atom. The molecule has 1 unspecified atom stereocenters. The average molecular weight is 323 g/mol. The molecule has 1 heterocycles. The summed E-state index contributed by atoms with van der Waals surface area (Å²) in [6.45, 7) is 3.73. The van der Waals surface area contributed by atoms with E-state index in [0.29, 0.717) is 11.3 Å². The van der Waals surface area contributed by atoms with Gasteiger partial charge in [-0.25, -0.2) is 4.98 Å². The Labute approximate surface area is 120 Å². The molecule has 0 aliphatic carbocycles. The number of aryl methyl sites for hydroxylation is 1. The van der Waals surface area contributed by atoms with Gasteiger partial charge in [-0.2, -0.15) is 0 Å². The Kier molecular flexibility index (Phi) is 4.04. The van der Waals surface area contributed by atoms with E-state index in [0.717, 1.165) is 11.4 Å². The van der Waals surface area contributed by atoms with Crippen molar-refractivity contribution in [3.8, 4) is 11.4 Å². The van der Waals surface area contributed by atoms with Crippen LogP contribution < -0.4 is 4.74 Å². The molecule has 2 aromatic rings. The molecule has 0 spiro atoms. The second-order valence-corrected chi connectivity index (χ2v) is 5.66. The summed E-state index contributed by atoms with van der Waals surface area (Å²) in [5.74, 6) is 0.683. The van der Waals surface area contributed by atoms with Gasteiger partial charge in [0.05, 0.1) is 29.6 Å². The number of carbonyl (C=O) groups is 1. The number of nitrogens with zero attached hydrogens (tertiary/aromatic N) is 2. The van der Waals surface area contributed by atoms with E-state index in [1.165, 1.54) is 0 Å². The van der Waals surface area contributed by atoms with Crippen LogP contribution in [-0.2, 0) is 0 Å². The molecule has 5 heteroatoms. The van der Waals surface area contributed by atoms with Gasteiger partial charge in [-0.1, -0.05) is 15.9 Å². The molecule has 1 aromatic carbocycles. The number of rotatable bonds is 4. The minimum Gasteiger partial charge on any atom is -0.495 e. The SMILES string of the molecule is COc1cc(C(=O)C(C)Br)ccc1-n1cnc(C)c1. The van der Waals surface area contributed by atoms with Crippen LogP contribution in [0.5, 0.6) is 5.75 Å². The van der Waals surface area contributed by atoms with Crippen LogP contribution in [-0.4, -0.2) is 27.3 Å². The van der Waals surface area contributed by atoms with Gasteiger partial charge in [0, 0.05) is 11.8 Å². The molecule has 1 atom stereocenters. The molecule has 0 aliphatic rings. The summed E-state index contributed by atoms with van der Waals surface area (Å²) < 4.78 is 7.24. The number of carbonyl (C=O) groups excluding carboxylic acids is 1. The minimum atomic E-state index is -0.210. The number of ether oxygens (including phenoxy) is 1. The Morgan fingerprint density at radius 2 is 2.21 bits per heavy atom. The van der Waals surface area contributed by atoms with Crippen LogP contribution in [0.15, 0.2) is 30.7 Å². The van der Waals surface area contributed by atoms with Gasteiger partial charge in [0.25, 0.3) is 0 Å². The molecule has 19 heavy (non-hydrogen) atoms. The summed E-state index contributed by atoms with van der Waals surface area (Å²) in [6, 6.07) is 5.42. The highest BCUT2D eigenvalue weighted by Crippen LogP contribution is 2.25. The third-order valence-electron chi connectivity index (χ3n) is 2.82. The van der Waals surface area contributed by atoms with E-state index in [-0.39, 0.29) is 10.6 Å². The third kappa shape index (κ3) is 2.87. The number of methoxy groups -OCH3 is 1. The lowest BCUT2D eigenvalue weighted by molar-refractivity contribution is 0.0995. The van der Waals surface area contributed by atoms with Gasteiger partial charge in [0.15, 0.2) is 5.78 Å². The number of hydrogen-bond donors (Lipinski definition) is 0. The van der Waals surface area contributed by atoms with Crippen LogP contribution in [0, 0.1) is 6.92 Å². The lowest BCUT2D eigenvalue weighted by Crippen LogP contribution is -2.10. The summed E-state index contributed by atoms with van der Waals surface area (Å²) >= 11 is 3.28. The van der Waals surface area contributed by atoms with E-state index in [4.69, 9.17) is 4.74 Å². The fourth-order valence-corrected chi connectivity index (χ4v) is 2.09. The van der Waals surface area contributed by atoms with Gasteiger partial charge < -0.3 is 9.30 Å². The zero-order chi connectivity index (χ0) is 14.0. The van der Waals surface area contributed by atoms with Gasteiger partial charge in [-0.3, -0.25) is 4.79 Å². The maximum atomic E-state index is 11.9. The highest BCUT2D eigenvalue weighted by atomic mass is 79.9.